The summed E-state index contributed by atoms with van der Waals surface area (Å²) in [6.45, 7) is 0. The molecule has 1 rings (SSSR count). The van der Waals surface area contributed by atoms with Gasteiger partial charge >= 0.3 is 0 Å². The van der Waals surface area contributed by atoms with Crippen LogP contribution in [-0.4, -0.2) is 37.3 Å². The van der Waals surface area contributed by atoms with Gasteiger partial charge in [0.05, 0.1) is 17.6 Å². The molecule has 5 heteroatoms. The first-order valence-electron chi connectivity index (χ1n) is 3.04. The van der Waals surface area contributed by atoms with Crippen LogP contribution in [0.1, 0.15) is 6.42 Å². The Hall–Kier alpha value is -0.160. The van der Waals surface area contributed by atoms with Crippen LogP contribution in [0.15, 0.2) is 0 Å². The zero-order valence-electron chi connectivity index (χ0n) is 5.33. The van der Waals surface area contributed by atoms with Gasteiger partial charge in [0.25, 0.3) is 0 Å². The van der Waals surface area contributed by atoms with E-state index in [0.717, 1.165) is 0 Å². The number of sulfone groups is 1. The quantitative estimate of drug-likeness (QED) is 0.530. The minimum absolute atomic E-state index is 0.0313. The number of aliphatic hydroxyl groups is 1. The summed E-state index contributed by atoms with van der Waals surface area (Å²) >= 11 is 0. The van der Waals surface area contributed by atoms with E-state index in [1.807, 2.05) is 0 Å². The Morgan fingerprint density at radius 2 is 2.10 bits per heavy atom. The molecule has 0 amide bonds. The molecule has 1 heterocycles. The molecule has 1 aliphatic rings. The highest BCUT2D eigenvalue weighted by Gasteiger charge is 2.31. The molecular formula is C5H9FO3S. The first kappa shape index (κ1) is 7.94. The lowest BCUT2D eigenvalue weighted by atomic mass is 10.2. The zero-order chi connectivity index (χ0) is 7.78. The molecule has 0 bridgehead atoms. The molecule has 0 saturated carbocycles. The van der Waals surface area contributed by atoms with E-state index in [9.17, 15) is 12.8 Å². The Balaban J connectivity index is 2.66. The van der Waals surface area contributed by atoms with E-state index in [1.165, 1.54) is 0 Å². The van der Waals surface area contributed by atoms with Crippen LogP contribution in [0.25, 0.3) is 0 Å². The molecule has 60 valence electrons. The highest BCUT2D eigenvalue weighted by molar-refractivity contribution is 7.91. The Morgan fingerprint density at radius 3 is 2.50 bits per heavy atom. The summed E-state index contributed by atoms with van der Waals surface area (Å²) in [5.74, 6) is -0.608. The second-order valence-electron chi connectivity index (χ2n) is 2.49. The van der Waals surface area contributed by atoms with Crippen molar-refractivity contribution in [1.29, 1.82) is 0 Å². The summed E-state index contributed by atoms with van der Waals surface area (Å²) in [5.41, 5.74) is 0. The molecular weight excluding hydrogens is 159 g/mol. The van der Waals surface area contributed by atoms with Crippen molar-refractivity contribution in [3.05, 3.63) is 0 Å². The molecule has 2 atom stereocenters. The lowest BCUT2D eigenvalue weighted by Crippen LogP contribution is -2.37. The van der Waals surface area contributed by atoms with Crippen molar-refractivity contribution in [2.45, 2.75) is 18.7 Å². The predicted octanol–water partition coefficient (Wildman–Crippen LogP) is -0.496. The highest BCUT2D eigenvalue weighted by Crippen LogP contribution is 2.15. The molecule has 10 heavy (non-hydrogen) atoms. The zero-order valence-corrected chi connectivity index (χ0v) is 6.14. The van der Waals surface area contributed by atoms with Crippen LogP contribution in [0, 0.1) is 0 Å². The fourth-order valence-corrected chi connectivity index (χ4v) is 2.39. The molecule has 2 unspecified atom stereocenters. The maximum atomic E-state index is 12.4. The number of hydrogen-bond acceptors (Lipinski definition) is 3. The SMILES string of the molecule is O=S1(=O)CCC(O)C(F)C1. The second-order valence-corrected chi connectivity index (χ2v) is 4.72. The molecule has 1 saturated heterocycles. The van der Waals surface area contributed by atoms with E-state index in [2.05, 4.69) is 0 Å². The third kappa shape index (κ3) is 1.67. The molecule has 0 aromatic carbocycles. The number of alkyl halides is 1. The van der Waals surface area contributed by atoms with Crippen molar-refractivity contribution >= 4 is 9.84 Å². The topological polar surface area (TPSA) is 54.4 Å². The summed E-state index contributed by atoms with van der Waals surface area (Å²) < 4.78 is 33.8. The van der Waals surface area contributed by atoms with E-state index in [4.69, 9.17) is 5.11 Å². The Bertz CT molecular complexity index is 211. The lowest BCUT2D eigenvalue weighted by molar-refractivity contribution is 0.0822. The van der Waals surface area contributed by atoms with Crippen LogP contribution in [0.4, 0.5) is 4.39 Å². The van der Waals surface area contributed by atoms with Crippen LogP contribution < -0.4 is 0 Å². The fourth-order valence-electron chi connectivity index (χ4n) is 0.918. The van der Waals surface area contributed by atoms with Crippen molar-refractivity contribution in [3.8, 4) is 0 Å². The molecule has 1 aliphatic heterocycles. The summed E-state index contributed by atoms with van der Waals surface area (Å²) in [6.07, 6.45) is -2.63. The summed E-state index contributed by atoms with van der Waals surface area (Å²) in [4.78, 5) is 0. The van der Waals surface area contributed by atoms with Gasteiger partial charge in [0.2, 0.25) is 0 Å². The van der Waals surface area contributed by atoms with Crippen LogP contribution in [0.3, 0.4) is 0 Å². The molecule has 0 aliphatic carbocycles. The van der Waals surface area contributed by atoms with Gasteiger partial charge < -0.3 is 5.11 Å². The minimum atomic E-state index is -3.20. The predicted molar refractivity (Wildman–Crippen MR) is 34.2 cm³/mol. The molecule has 0 spiro atoms. The third-order valence-electron chi connectivity index (χ3n) is 1.56. The van der Waals surface area contributed by atoms with E-state index >= 15 is 0 Å². The van der Waals surface area contributed by atoms with Crippen LogP contribution >= 0.6 is 0 Å². The molecule has 3 nitrogen and oxygen atoms in total. The van der Waals surface area contributed by atoms with Gasteiger partial charge in [-0.05, 0) is 6.42 Å². The normalized spacial score (nSPS) is 39.4. The van der Waals surface area contributed by atoms with Gasteiger partial charge in [-0.3, -0.25) is 0 Å². The van der Waals surface area contributed by atoms with Crippen LogP contribution in [-0.2, 0) is 9.84 Å². The van der Waals surface area contributed by atoms with Gasteiger partial charge in [-0.15, -0.1) is 0 Å². The maximum Gasteiger partial charge on any atom is 0.153 e. The average molecular weight is 168 g/mol. The first-order valence-corrected chi connectivity index (χ1v) is 4.86. The molecule has 0 radical (unpaired) electrons. The highest BCUT2D eigenvalue weighted by atomic mass is 32.2. The average Bonchev–Trinajstić information content (AvgIpc) is 1.79. The number of hydrogen-bond donors (Lipinski definition) is 1. The minimum Gasteiger partial charge on any atom is -0.390 e. The second kappa shape index (κ2) is 2.47. The lowest BCUT2D eigenvalue weighted by Gasteiger charge is -2.20. The van der Waals surface area contributed by atoms with Gasteiger partial charge in [0.1, 0.15) is 6.17 Å². The van der Waals surface area contributed by atoms with E-state index < -0.39 is 27.9 Å². The number of rotatable bonds is 0. The van der Waals surface area contributed by atoms with Crippen molar-refractivity contribution in [2.75, 3.05) is 11.5 Å². The summed E-state index contributed by atoms with van der Waals surface area (Å²) in [7, 11) is -3.20. The van der Waals surface area contributed by atoms with Crippen molar-refractivity contribution < 1.29 is 17.9 Å². The Morgan fingerprint density at radius 1 is 1.50 bits per heavy atom. The molecule has 0 aromatic heterocycles. The summed E-state index contributed by atoms with van der Waals surface area (Å²) in [5, 5.41) is 8.77. The standard InChI is InChI=1S/C5H9FO3S/c6-4-3-10(8,9)2-1-5(4)7/h4-5,7H,1-3H2. The van der Waals surface area contributed by atoms with Crippen LogP contribution in [0.5, 0.6) is 0 Å². The Labute approximate surface area is 58.8 Å². The van der Waals surface area contributed by atoms with Crippen molar-refractivity contribution in [1.82, 2.24) is 0 Å². The monoisotopic (exact) mass is 168 g/mol. The largest absolute Gasteiger partial charge is 0.390 e. The molecule has 0 aromatic rings. The number of aliphatic hydroxyl groups excluding tert-OH is 1. The van der Waals surface area contributed by atoms with Gasteiger partial charge in [-0.1, -0.05) is 0 Å². The van der Waals surface area contributed by atoms with Gasteiger partial charge in [-0.2, -0.15) is 0 Å². The van der Waals surface area contributed by atoms with Crippen molar-refractivity contribution in [3.63, 3.8) is 0 Å². The molecule has 1 N–H and O–H groups in total. The van der Waals surface area contributed by atoms with E-state index in [0.29, 0.717) is 0 Å². The van der Waals surface area contributed by atoms with Gasteiger partial charge in [0.15, 0.2) is 9.84 Å². The van der Waals surface area contributed by atoms with E-state index in [-0.39, 0.29) is 12.2 Å². The first-order chi connectivity index (χ1) is 4.51. The maximum absolute atomic E-state index is 12.4. The van der Waals surface area contributed by atoms with Crippen molar-refractivity contribution in [2.24, 2.45) is 0 Å². The third-order valence-corrected chi connectivity index (χ3v) is 3.24. The van der Waals surface area contributed by atoms with Gasteiger partial charge in [-0.25, -0.2) is 12.8 Å². The molecule has 1 fully saturated rings. The summed E-state index contributed by atoms with van der Waals surface area (Å²) in [6, 6.07) is 0. The fraction of sp³-hybridized carbons (Fsp3) is 1.00. The van der Waals surface area contributed by atoms with Gasteiger partial charge in [0, 0.05) is 0 Å². The van der Waals surface area contributed by atoms with Crippen LogP contribution in [0.2, 0.25) is 0 Å². The van der Waals surface area contributed by atoms with E-state index in [1.54, 1.807) is 0 Å². The Kier molecular flexibility index (Phi) is 1.96. The number of halogens is 1. The smallest absolute Gasteiger partial charge is 0.153 e.